The summed E-state index contributed by atoms with van der Waals surface area (Å²) in [6.45, 7) is 1.16. The second-order valence-corrected chi connectivity index (χ2v) is 6.13. The van der Waals surface area contributed by atoms with Crippen LogP contribution < -0.4 is 11.3 Å². The van der Waals surface area contributed by atoms with Gasteiger partial charge >= 0.3 is 0 Å². The van der Waals surface area contributed by atoms with Gasteiger partial charge in [-0.3, -0.25) is 19.4 Å². The van der Waals surface area contributed by atoms with E-state index < -0.39 is 5.91 Å². The minimum absolute atomic E-state index is 0.0331. The molecule has 1 aromatic carbocycles. The first kappa shape index (κ1) is 16.9. The van der Waals surface area contributed by atoms with E-state index in [-0.39, 0.29) is 23.9 Å². The Morgan fingerprint density at radius 1 is 1.20 bits per heavy atom. The number of benzene rings is 1. The van der Waals surface area contributed by atoms with Gasteiger partial charge in [0.1, 0.15) is 0 Å². The van der Waals surface area contributed by atoms with Crippen molar-refractivity contribution in [1.82, 2.24) is 14.5 Å². The molecule has 7 heteroatoms. The molecule has 0 saturated carbocycles. The van der Waals surface area contributed by atoms with Gasteiger partial charge in [0.2, 0.25) is 11.8 Å². The van der Waals surface area contributed by atoms with Crippen LogP contribution in [0.5, 0.6) is 0 Å². The Morgan fingerprint density at radius 3 is 2.60 bits per heavy atom. The third-order valence-corrected chi connectivity index (χ3v) is 4.59. The molecule has 0 unspecified atom stereocenters. The Morgan fingerprint density at radius 2 is 1.92 bits per heavy atom. The minimum atomic E-state index is -0.529. The zero-order valence-electron chi connectivity index (χ0n) is 13.8. The highest BCUT2D eigenvalue weighted by molar-refractivity contribution is 5.95. The average Bonchev–Trinajstić information content (AvgIpc) is 2.62. The first-order valence-electron chi connectivity index (χ1n) is 8.24. The summed E-state index contributed by atoms with van der Waals surface area (Å²) in [5.74, 6) is -0.562. The number of nitrogens with zero attached hydrogens (tertiary/aromatic N) is 3. The minimum Gasteiger partial charge on any atom is -0.366 e. The largest absolute Gasteiger partial charge is 0.366 e. The second kappa shape index (κ2) is 7.29. The number of amides is 2. The number of aromatic nitrogens is 2. The molecule has 2 amide bonds. The number of hydrogen-bond acceptors (Lipinski definition) is 4. The van der Waals surface area contributed by atoms with E-state index in [1.807, 2.05) is 0 Å². The Kier molecular flexibility index (Phi) is 4.92. The first-order chi connectivity index (χ1) is 12.1. The standard InChI is InChI=1S/C18H20N4O3/c19-18(25)15-4-2-1-3-13(15)11-16(23)21-8-5-14(6-9-21)22-10-7-20-12-17(22)24/h1-4,7,10,12,14H,5-6,8-9,11H2,(H2,19,25). The lowest BCUT2D eigenvalue weighted by Crippen LogP contribution is -2.41. The van der Waals surface area contributed by atoms with Crippen LogP contribution in [-0.2, 0) is 11.2 Å². The van der Waals surface area contributed by atoms with Gasteiger partial charge in [0.15, 0.2) is 0 Å². The molecule has 1 fully saturated rings. The fourth-order valence-electron chi connectivity index (χ4n) is 3.24. The van der Waals surface area contributed by atoms with Gasteiger partial charge in [0, 0.05) is 37.1 Å². The van der Waals surface area contributed by atoms with E-state index in [0.29, 0.717) is 37.1 Å². The molecule has 1 aliphatic heterocycles. The molecule has 0 atom stereocenters. The van der Waals surface area contributed by atoms with Crippen LogP contribution in [0.25, 0.3) is 0 Å². The molecule has 0 radical (unpaired) electrons. The number of primary amides is 1. The molecule has 0 bridgehead atoms. The van der Waals surface area contributed by atoms with Crippen molar-refractivity contribution in [2.45, 2.75) is 25.3 Å². The van der Waals surface area contributed by atoms with Crippen LogP contribution in [0.15, 0.2) is 47.7 Å². The lowest BCUT2D eigenvalue weighted by Gasteiger charge is -2.33. The second-order valence-electron chi connectivity index (χ2n) is 6.13. The van der Waals surface area contributed by atoms with Crippen molar-refractivity contribution in [2.75, 3.05) is 13.1 Å². The van der Waals surface area contributed by atoms with Gasteiger partial charge in [-0.05, 0) is 24.5 Å². The molecular formula is C18H20N4O3. The van der Waals surface area contributed by atoms with Crippen LogP contribution in [0.2, 0.25) is 0 Å². The Bertz CT molecular complexity index is 838. The SMILES string of the molecule is NC(=O)c1ccccc1CC(=O)N1CCC(n2ccncc2=O)CC1. The molecular weight excluding hydrogens is 320 g/mol. The number of likely N-dealkylation sites (tertiary alicyclic amines) is 1. The summed E-state index contributed by atoms with van der Waals surface area (Å²) in [4.78, 5) is 41.5. The maximum absolute atomic E-state index is 12.5. The molecule has 3 rings (SSSR count). The van der Waals surface area contributed by atoms with Gasteiger partial charge in [0.25, 0.3) is 5.56 Å². The van der Waals surface area contributed by atoms with Crippen molar-refractivity contribution >= 4 is 11.8 Å². The molecule has 25 heavy (non-hydrogen) atoms. The average molecular weight is 340 g/mol. The predicted octanol–water partition coefficient (Wildman–Crippen LogP) is 0.748. The van der Waals surface area contributed by atoms with Crippen LogP contribution in [0, 0.1) is 0 Å². The summed E-state index contributed by atoms with van der Waals surface area (Å²) in [5.41, 5.74) is 6.27. The highest BCUT2D eigenvalue weighted by Gasteiger charge is 2.25. The third-order valence-electron chi connectivity index (χ3n) is 4.59. The lowest BCUT2D eigenvalue weighted by atomic mass is 10.0. The number of nitrogens with two attached hydrogens (primary N) is 1. The van der Waals surface area contributed by atoms with Gasteiger partial charge in [-0.25, -0.2) is 0 Å². The number of carbonyl (C=O) groups excluding carboxylic acids is 2. The van der Waals surface area contributed by atoms with Crippen LogP contribution >= 0.6 is 0 Å². The van der Waals surface area contributed by atoms with Crippen molar-refractivity contribution in [1.29, 1.82) is 0 Å². The van der Waals surface area contributed by atoms with Crippen LogP contribution in [0.1, 0.15) is 34.8 Å². The first-order valence-corrected chi connectivity index (χ1v) is 8.24. The normalized spacial score (nSPS) is 15.1. The summed E-state index contributed by atoms with van der Waals surface area (Å²) in [5, 5.41) is 0. The van der Waals surface area contributed by atoms with Crippen LogP contribution in [-0.4, -0.2) is 39.4 Å². The van der Waals surface area contributed by atoms with Gasteiger partial charge in [-0.2, -0.15) is 0 Å². The number of piperidine rings is 1. The zero-order valence-corrected chi connectivity index (χ0v) is 13.8. The molecule has 0 aliphatic carbocycles. The molecule has 1 aliphatic rings. The van der Waals surface area contributed by atoms with E-state index in [0.717, 1.165) is 0 Å². The monoisotopic (exact) mass is 340 g/mol. The van der Waals surface area contributed by atoms with Crippen LogP contribution in [0.3, 0.4) is 0 Å². The smallest absolute Gasteiger partial charge is 0.269 e. The fraction of sp³-hybridized carbons (Fsp3) is 0.333. The zero-order chi connectivity index (χ0) is 17.8. The van der Waals surface area contributed by atoms with Crippen molar-refractivity contribution in [3.05, 3.63) is 64.3 Å². The van der Waals surface area contributed by atoms with Crippen molar-refractivity contribution in [3.8, 4) is 0 Å². The van der Waals surface area contributed by atoms with E-state index in [1.54, 1.807) is 46.1 Å². The topological polar surface area (TPSA) is 98.3 Å². The van der Waals surface area contributed by atoms with E-state index in [2.05, 4.69) is 4.98 Å². The quantitative estimate of drug-likeness (QED) is 0.888. The third kappa shape index (κ3) is 3.76. The Hall–Kier alpha value is -2.96. The maximum atomic E-state index is 12.5. The maximum Gasteiger partial charge on any atom is 0.269 e. The lowest BCUT2D eigenvalue weighted by molar-refractivity contribution is -0.131. The Balaban J connectivity index is 1.64. The molecule has 1 aromatic heterocycles. The molecule has 7 nitrogen and oxygen atoms in total. The van der Waals surface area contributed by atoms with Gasteiger partial charge in [-0.15, -0.1) is 0 Å². The predicted molar refractivity (Wildman–Crippen MR) is 92.0 cm³/mol. The molecule has 2 aromatic rings. The summed E-state index contributed by atoms with van der Waals surface area (Å²) in [7, 11) is 0. The fourth-order valence-corrected chi connectivity index (χ4v) is 3.24. The van der Waals surface area contributed by atoms with Gasteiger partial charge < -0.3 is 15.2 Å². The Labute approximate surface area is 145 Å². The van der Waals surface area contributed by atoms with Crippen molar-refractivity contribution in [3.63, 3.8) is 0 Å². The highest BCUT2D eigenvalue weighted by atomic mass is 16.2. The summed E-state index contributed by atoms with van der Waals surface area (Å²) in [6.07, 6.45) is 6.17. The molecule has 2 heterocycles. The summed E-state index contributed by atoms with van der Waals surface area (Å²) in [6, 6.07) is 6.98. The number of hydrogen-bond donors (Lipinski definition) is 1. The summed E-state index contributed by atoms with van der Waals surface area (Å²) >= 11 is 0. The summed E-state index contributed by atoms with van der Waals surface area (Å²) < 4.78 is 1.68. The van der Waals surface area contributed by atoms with Crippen LogP contribution in [0.4, 0.5) is 0 Å². The molecule has 130 valence electrons. The molecule has 1 saturated heterocycles. The number of rotatable bonds is 4. The molecule has 2 N–H and O–H groups in total. The number of carbonyl (C=O) groups is 2. The van der Waals surface area contributed by atoms with Crippen molar-refractivity contribution < 1.29 is 9.59 Å². The molecule has 0 spiro atoms. The van der Waals surface area contributed by atoms with E-state index in [1.165, 1.54) is 6.20 Å². The van der Waals surface area contributed by atoms with E-state index in [4.69, 9.17) is 5.73 Å². The highest BCUT2D eigenvalue weighted by Crippen LogP contribution is 2.21. The van der Waals surface area contributed by atoms with Gasteiger partial charge in [-0.1, -0.05) is 18.2 Å². The van der Waals surface area contributed by atoms with Gasteiger partial charge in [0.05, 0.1) is 12.6 Å². The van der Waals surface area contributed by atoms with Crippen molar-refractivity contribution in [2.24, 2.45) is 5.73 Å². The van der Waals surface area contributed by atoms with E-state index in [9.17, 15) is 14.4 Å². The van der Waals surface area contributed by atoms with E-state index >= 15 is 0 Å².